The van der Waals surface area contributed by atoms with Crippen LogP contribution in [0.1, 0.15) is 27.2 Å². The first-order valence-electron chi connectivity index (χ1n) is 7.29. The summed E-state index contributed by atoms with van der Waals surface area (Å²) in [6, 6.07) is 9.84. The van der Waals surface area contributed by atoms with Crippen LogP contribution in [0.4, 0.5) is 0 Å². The first-order chi connectivity index (χ1) is 10.5. The summed E-state index contributed by atoms with van der Waals surface area (Å²) in [5, 5.41) is 7.26. The number of nitrogens with zero attached hydrogens (tertiary/aromatic N) is 2. The van der Waals surface area contributed by atoms with E-state index in [1.807, 2.05) is 50.4 Å². The van der Waals surface area contributed by atoms with E-state index >= 15 is 0 Å². The van der Waals surface area contributed by atoms with E-state index in [1.54, 1.807) is 11.6 Å². The van der Waals surface area contributed by atoms with Gasteiger partial charge < -0.3 is 10.1 Å². The van der Waals surface area contributed by atoms with Crippen molar-refractivity contribution in [1.82, 2.24) is 15.1 Å². The number of halogens is 1. The van der Waals surface area contributed by atoms with Gasteiger partial charge in [-0.3, -0.25) is 4.79 Å². The molecule has 2 aromatic rings. The standard InChI is InChI=1S/C16H20BrN3O2/c1-4-11(2)18-15(21)12(3)22-16-14(17)10-20(19-16)13-8-6-5-7-9-13/h5-12H,4H2,1-3H3,(H,18,21)/t11-,12-/m0/s1. The maximum absolute atomic E-state index is 12.0. The molecule has 0 aliphatic heterocycles. The molecule has 0 aliphatic rings. The van der Waals surface area contributed by atoms with Crippen molar-refractivity contribution in [2.45, 2.75) is 39.3 Å². The highest BCUT2D eigenvalue weighted by molar-refractivity contribution is 9.10. The third kappa shape index (κ3) is 4.10. The number of para-hydroxylation sites is 1. The third-order valence-corrected chi connectivity index (χ3v) is 3.86. The number of rotatable bonds is 6. The highest BCUT2D eigenvalue weighted by atomic mass is 79.9. The van der Waals surface area contributed by atoms with Crippen LogP contribution in [0.15, 0.2) is 41.0 Å². The quantitative estimate of drug-likeness (QED) is 0.853. The topological polar surface area (TPSA) is 56.1 Å². The van der Waals surface area contributed by atoms with E-state index in [4.69, 9.17) is 4.74 Å². The molecule has 22 heavy (non-hydrogen) atoms. The number of hydrogen-bond acceptors (Lipinski definition) is 3. The molecule has 0 unspecified atom stereocenters. The van der Waals surface area contributed by atoms with Crippen molar-refractivity contribution < 1.29 is 9.53 Å². The Morgan fingerprint density at radius 2 is 2.05 bits per heavy atom. The summed E-state index contributed by atoms with van der Waals surface area (Å²) in [5.74, 6) is 0.256. The van der Waals surface area contributed by atoms with E-state index in [9.17, 15) is 4.79 Å². The van der Waals surface area contributed by atoms with Gasteiger partial charge in [0.1, 0.15) is 0 Å². The highest BCUT2D eigenvalue weighted by Gasteiger charge is 2.19. The predicted molar refractivity (Wildman–Crippen MR) is 89.2 cm³/mol. The molecule has 2 rings (SSSR count). The van der Waals surface area contributed by atoms with Crippen LogP contribution in [0.25, 0.3) is 5.69 Å². The summed E-state index contributed by atoms with van der Waals surface area (Å²) < 4.78 is 8.08. The Bertz CT molecular complexity index is 628. The van der Waals surface area contributed by atoms with E-state index in [0.717, 1.165) is 12.1 Å². The Morgan fingerprint density at radius 3 is 2.68 bits per heavy atom. The molecule has 1 aromatic carbocycles. The van der Waals surface area contributed by atoms with Gasteiger partial charge in [-0.1, -0.05) is 25.1 Å². The van der Waals surface area contributed by atoms with Crippen molar-refractivity contribution in [3.63, 3.8) is 0 Å². The zero-order valence-corrected chi connectivity index (χ0v) is 14.5. The minimum atomic E-state index is -0.607. The molecule has 6 heteroatoms. The van der Waals surface area contributed by atoms with Gasteiger partial charge >= 0.3 is 0 Å². The zero-order chi connectivity index (χ0) is 16.1. The summed E-state index contributed by atoms with van der Waals surface area (Å²) in [7, 11) is 0. The molecule has 0 spiro atoms. The SMILES string of the molecule is CC[C@H](C)NC(=O)[C@H](C)Oc1nn(-c2ccccc2)cc1Br. The highest BCUT2D eigenvalue weighted by Crippen LogP contribution is 2.25. The molecule has 1 aromatic heterocycles. The molecule has 0 saturated carbocycles. The van der Waals surface area contributed by atoms with Crippen LogP contribution in [0.3, 0.4) is 0 Å². The number of benzene rings is 1. The summed E-state index contributed by atoms with van der Waals surface area (Å²) in [6.07, 6.45) is 2.08. The lowest BCUT2D eigenvalue weighted by Crippen LogP contribution is -2.41. The van der Waals surface area contributed by atoms with Crippen LogP contribution < -0.4 is 10.1 Å². The largest absolute Gasteiger partial charge is 0.463 e. The summed E-state index contributed by atoms with van der Waals surface area (Å²) in [4.78, 5) is 12.0. The van der Waals surface area contributed by atoms with E-state index in [-0.39, 0.29) is 11.9 Å². The fourth-order valence-corrected chi connectivity index (χ4v) is 2.18. The lowest BCUT2D eigenvalue weighted by atomic mass is 10.2. The van der Waals surface area contributed by atoms with Gasteiger partial charge in [-0.2, -0.15) is 0 Å². The summed E-state index contributed by atoms with van der Waals surface area (Å²) in [6.45, 7) is 5.70. The molecule has 1 N–H and O–H groups in total. The van der Waals surface area contributed by atoms with Gasteiger partial charge in [-0.25, -0.2) is 4.68 Å². The normalized spacial score (nSPS) is 13.5. The van der Waals surface area contributed by atoms with Crippen molar-refractivity contribution >= 4 is 21.8 Å². The van der Waals surface area contributed by atoms with Gasteiger partial charge in [0.15, 0.2) is 6.10 Å². The second-order valence-corrected chi connectivity index (χ2v) is 5.99. The van der Waals surface area contributed by atoms with Gasteiger partial charge in [0.25, 0.3) is 5.91 Å². The average Bonchev–Trinajstić information content (AvgIpc) is 2.89. The van der Waals surface area contributed by atoms with E-state index in [2.05, 4.69) is 26.3 Å². The molecule has 1 heterocycles. The van der Waals surface area contributed by atoms with Crippen molar-refractivity contribution in [2.24, 2.45) is 0 Å². The Hall–Kier alpha value is -1.82. The lowest BCUT2D eigenvalue weighted by Gasteiger charge is -2.16. The molecule has 0 saturated heterocycles. The molecule has 0 bridgehead atoms. The minimum Gasteiger partial charge on any atom is -0.463 e. The van der Waals surface area contributed by atoms with Gasteiger partial charge in [0.05, 0.1) is 10.2 Å². The first-order valence-corrected chi connectivity index (χ1v) is 8.08. The van der Waals surface area contributed by atoms with Crippen molar-refractivity contribution in [1.29, 1.82) is 0 Å². The molecule has 0 radical (unpaired) electrons. The van der Waals surface area contributed by atoms with Gasteiger partial charge in [0, 0.05) is 12.2 Å². The van der Waals surface area contributed by atoms with E-state index in [1.165, 1.54) is 0 Å². The Morgan fingerprint density at radius 1 is 1.36 bits per heavy atom. The average molecular weight is 366 g/mol. The smallest absolute Gasteiger partial charge is 0.261 e. The first kappa shape index (κ1) is 16.5. The lowest BCUT2D eigenvalue weighted by molar-refractivity contribution is -0.128. The van der Waals surface area contributed by atoms with Gasteiger partial charge in [0.2, 0.25) is 5.88 Å². The van der Waals surface area contributed by atoms with Crippen LogP contribution in [-0.2, 0) is 4.79 Å². The molecule has 2 atom stereocenters. The number of nitrogens with one attached hydrogen (secondary N) is 1. The van der Waals surface area contributed by atoms with E-state index < -0.39 is 6.10 Å². The molecule has 118 valence electrons. The fourth-order valence-electron chi connectivity index (χ4n) is 1.81. The summed E-state index contributed by atoms with van der Waals surface area (Å²) in [5.41, 5.74) is 0.926. The number of amides is 1. The Kier molecular flexibility index (Phi) is 5.60. The zero-order valence-electron chi connectivity index (χ0n) is 12.9. The van der Waals surface area contributed by atoms with Crippen LogP contribution >= 0.6 is 15.9 Å². The number of carbonyl (C=O) groups is 1. The van der Waals surface area contributed by atoms with Gasteiger partial charge in [-0.15, -0.1) is 5.10 Å². The number of hydrogen-bond donors (Lipinski definition) is 1. The second kappa shape index (κ2) is 7.45. The second-order valence-electron chi connectivity index (χ2n) is 5.14. The van der Waals surface area contributed by atoms with Crippen LogP contribution in [-0.4, -0.2) is 27.8 Å². The number of carbonyl (C=O) groups excluding carboxylic acids is 1. The van der Waals surface area contributed by atoms with Crippen LogP contribution in [0, 0.1) is 0 Å². The van der Waals surface area contributed by atoms with Gasteiger partial charge in [-0.05, 0) is 48.3 Å². The minimum absolute atomic E-state index is 0.129. The number of ether oxygens (including phenoxy) is 1. The number of aromatic nitrogens is 2. The van der Waals surface area contributed by atoms with Crippen LogP contribution in [0.5, 0.6) is 5.88 Å². The maximum Gasteiger partial charge on any atom is 0.261 e. The predicted octanol–water partition coefficient (Wildman–Crippen LogP) is 3.32. The monoisotopic (exact) mass is 365 g/mol. The third-order valence-electron chi connectivity index (χ3n) is 3.32. The van der Waals surface area contributed by atoms with Crippen molar-refractivity contribution in [3.05, 3.63) is 41.0 Å². The van der Waals surface area contributed by atoms with Crippen molar-refractivity contribution in [2.75, 3.05) is 0 Å². The Labute approximate surface area is 138 Å². The maximum atomic E-state index is 12.0. The van der Waals surface area contributed by atoms with Crippen molar-refractivity contribution in [3.8, 4) is 11.6 Å². The molecular weight excluding hydrogens is 346 g/mol. The molecule has 1 amide bonds. The fraction of sp³-hybridized carbons (Fsp3) is 0.375. The molecular formula is C16H20BrN3O2. The molecule has 0 aliphatic carbocycles. The molecule has 5 nitrogen and oxygen atoms in total. The van der Waals surface area contributed by atoms with E-state index in [0.29, 0.717) is 10.4 Å². The summed E-state index contributed by atoms with van der Waals surface area (Å²) >= 11 is 3.42. The van der Waals surface area contributed by atoms with Crippen LogP contribution in [0.2, 0.25) is 0 Å². The molecule has 0 fully saturated rings. The Balaban J connectivity index is 2.07.